The minimum absolute atomic E-state index is 0.0423. The Morgan fingerprint density at radius 3 is 2.59 bits per heavy atom. The molecule has 7 heteroatoms. The number of aromatic amines is 1. The zero-order chi connectivity index (χ0) is 23.7. The van der Waals surface area contributed by atoms with Crippen LogP contribution in [0.15, 0.2) is 79.0 Å². The lowest BCUT2D eigenvalue weighted by molar-refractivity contribution is 0.0947. The van der Waals surface area contributed by atoms with Gasteiger partial charge in [0.1, 0.15) is 5.69 Å². The van der Waals surface area contributed by atoms with E-state index in [-0.39, 0.29) is 17.5 Å². The maximum absolute atomic E-state index is 13.2. The summed E-state index contributed by atoms with van der Waals surface area (Å²) in [7, 11) is 0. The van der Waals surface area contributed by atoms with Crippen LogP contribution in [-0.2, 0) is 0 Å². The number of fused-ring (bicyclic) bond motifs is 1. The fraction of sp³-hybridized carbons (Fsp3) is 0.148. The highest BCUT2D eigenvalue weighted by molar-refractivity contribution is 6.33. The average Bonchev–Trinajstić information content (AvgIpc) is 3.43. The molecule has 0 saturated heterocycles. The fourth-order valence-corrected chi connectivity index (χ4v) is 4.51. The molecule has 1 unspecified atom stereocenters. The number of aryl methyl sites for hydroxylation is 2. The minimum Gasteiger partial charge on any atom is -0.361 e. The molecule has 0 radical (unpaired) electrons. The van der Waals surface area contributed by atoms with Crippen LogP contribution in [0.1, 0.15) is 38.9 Å². The van der Waals surface area contributed by atoms with Crippen molar-refractivity contribution < 1.29 is 4.79 Å². The molecule has 0 saturated carbocycles. The Hall–Kier alpha value is -3.90. The second-order valence-electron chi connectivity index (χ2n) is 8.30. The number of halogens is 1. The van der Waals surface area contributed by atoms with Gasteiger partial charge >= 0.3 is 0 Å². The molecule has 0 spiro atoms. The Balaban J connectivity index is 1.45. The normalized spacial score (nSPS) is 12.1. The summed E-state index contributed by atoms with van der Waals surface area (Å²) in [5.41, 5.74) is 5.29. The van der Waals surface area contributed by atoms with Crippen molar-refractivity contribution in [3.05, 3.63) is 112 Å². The fourth-order valence-electron chi connectivity index (χ4n) is 4.32. The molecule has 0 bridgehead atoms. The van der Waals surface area contributed by atoms with E-state index < -0.39 is 0 Å². The van der Waals surface area contributed by atoms with Gasteiger partial charge in [0, 0.05) is 35.3 Å². The van der Waals surface area contributed by atoms with E-state index in [2.05, 4.69) is 38.6 Å². The summed E-state index contributed by atoms with van der Waals surface area (Å²) < 4.78 is 1.71. The Bertz CT molecular complexity index is 1470. The van der Waals surface area contributed by atoms with Crippen molar-refractivity contribution in [1.29, 1.82) is 0 Å². The number of H-pyrrole nitrogens is 1. The Labute approximate surface area is 202 Å². The average molecular weight is 470 g/mol. The summed E-state index contributed by atoms with van der Waals surface area (Å²) >= 11 is 6.38. The largest absolute Gasteiger partial charge is 0.361 e. The highest BCUT2D eigenvalue weighted by Crippen LogP contribution is 2.30. The Morgan fingerprint density at radius 1 is 1.06 bits per heavy atom. The second-order valence-corrected chi connectivity index (χ2v) is 8.71. The molecular weight excluding hydrogens is 446 g/mol. The number of nitrogens with zero attached hydrogens (tertiary/aromatic N) is 3. The molecular formula is C27H24ClN5O. The first kappa shape index (κ1) is 21.9. The number of hydrogen-bond donors (Lipinski definition) is 2. The van der Waals surface area contributed by atoms with Gasteiger partial charge in [-0.15, -0.1) is 0 Å². The molecule has 0 aliphatic rings. The van der Waals surface area contributed by atoms with Gasteiger partial charge in [0.25, 0.3) is 5.91 Å². The van der Waals surface area contributed by atoms with Crippen molar-refractivity contribution in [3.8, 4) is 5.82 Å². The number of hydrogen-bond acceptors (Lipinski definition) is 3. The third-order valence-corrected chi connectivity index (χ3v) is 6.24. The molecule has 34 heavy (non-hydrogen) atoms. The van der Waals surface area contributed by atoms with Crippen LogP contribution in [0.25, 0.3) is 16.7 Å². The van der Waals surface area contributed by atoms with E-state index in [1.807, 2.05) is 62.5 Å². The number of nitrogens with one attached hydrogen (secondary N) is 2. The van der Waals surface area contributed by atoms with E-state index in [1.54, 1.807) is 16.8 Å². The van der Waals surface area contributed by atoms with Crippen molar-refractivity contribution in [2.45, 2.75) is 19.8 Å². The summed E-state index contributed by atoms with van der Waals surface area (Å²) in [5, 5.41) is 8.95. The summed E-state index contributed by atoms with van der Waals surface area (Å²) in [6, 6.07) is 23.7. The number of rotatable bonds is 6. The molecule has 170 valence electrons. The van der Waals surface area contributed by atoms with Crippen LogP contribution >= 0.6 is 11.6 Å². The number of aromatic nitrogens is 4. The molecule has 0 fully saturated rings. The number of benzene rings is 2. The predicted molar refractivity (Wildman–Crippen MR) is 135 cm³/mol. The standard InChI is InChI=1S/C27H24ClN5O/c1-17-14-18(2)33(32-17)25-13-12-23(28)26(31-25)27(34)30-15-21(19-8-4-3-5-9-19)22-16-29-24-11-7-6-10-20(22)24/h3-14,16,21,29H,15H2,1-2H3,(H,30,34). The molecule has 0 aliphatic carbocycles. The van der Waals surface area contributed by atoms with Crippen LogP contribution in [0.2, 0.25) is 5.02 Å². The Morgan fingerprint density at radius 2 is 1.82 bits per heavy atom. The number of carbonyl (C=O) groups excluding carboxylic acids is 1. The lowest BCUT2D eigenvalue weighted by Gasteiger charge is -2.18. The molecule has 3 heterocycles. The zero-order valence-corrected chi connectivity index (χ0v) is 19.7. The highest BCUT2D eigenvalue weighted by Gasteiger charge is 2.21. The number of carbonyl (C=O) groups is 1. The van der Waals surface area contributed by atoms with E-state index in [9.17, 15) is 4.79 Å². The van der Waals surface area contributed by atoms with Crippen LogP contribution in [0.5, 0.6) is 0 Å². The third kappa shape index (κ3) is 4.20. The van der Waals surface area contributed by atoms with Gasteiger partial charge in [-0.05, 0) is 49.2 Å². The van der Waals surface area contributed by atoms with Crippen LogP contribution in [0.4, 0.5) is 0 Å². The number of amides is 1. The minimum atomic E-state index is -0.325. The van der Waals surface area contributed by atoms with Crippen molar-refractivity contribution >= 4 is 28.4 Å². The topological polar surface area (TPSA) is 75.6 Å². The van der Waals surface area contributed by atoms with Gasteiger partial charge in [0.2, 0.25) is 0 Å². The molecule has 6 nitrogen and oxygen atoms in total. The quantitative estimate of drug-likeness (QED) is 0.341. The molecule has 1 amide bonds. The molecule has 2 aromatic carbocycles. The summed E-state index contributed by atoms with van der Waals surface area (Å²) in [6.45, 7) is 4.26. The zero-order valence-electron chi connectivity index (χ0n) is 18.9. The van der Waals surface area contributed by atoms with Crippen LogP contribution in [0.3, 0.4) is 0 Å². The van der Waals surface area contributed by atoms with Gasteiger partial charge in [0.15, 0.2) is 5.82 Å². The van der Waals surface area contributed by atoms with Crippen molar-refractivity contribution in [2.24, 2.45) is 0 Å². The maximum Gasteiger partial charge on any atom is 0.271 e. The first-order valence-corrected chi connectivity index (χ1v) is 11.5. The molecule has 3 aromatic heterocycles. The molecule has 1 atom stereocenters. The molecule has 5 aromatic rings. The van der Waals surface area contributed by atoms with Crippen molar-refractivity contribution in [1.82, 2.24) is 25.1 Å². The molecule has 2 N–H and O–H groups in total. The monoisotopic (exact) mass is 469 g/mol. The van der Waals surface area contributed by atoms with Crippen LogP contribution < -0.4 is 5.32 Å². The third-order valence-electron chi connectivity index (χ3n) is 5.94. The summed E-state index contributed by atoms with van der Waals surface area (Å²) in [6.07, 6.45) is 2.02. The van der Waals surface area contributed by atoms with Crippen molar-refractivity contribution in [2.75, 3.05) is 6.54 Å². The van der Waals surface area contributed by atoms with Gasteiger partial charge in [-0.2, -0.15) is 5.10 Å². The molecule has 5 rings (SSSR count). The van der Waals surface area contributed by atoms with Gasteiger partial charge in [-0.25, -0.2) is 9.67 Å². The lowest BCUT2D eigenvalue weighted by Crippen LogP contribution is -2.30. The number of para-hydroxylation sites is 1. The van der Waals surface area contributed by atoms with Crippen LogP contribution in [-0.4, -0.2) is 32.2 Å². The van der Waals surface area contributed by atoms with E-state index >= 15 is 0 Å². The summed E-state index contributed by atoms with van der Waals surface area (Å²) in [4.78, 5) is 21.1. The molecule has 0 aliphatic heterocycles. The van der Waals surface area contributed by atoms with Crippen molar-refractivity contribution in [3.63, 3.8) is 0 Å². The van der Waals surface area contributed by atoms with Crippen LogP contribution in [0, 0.1) is 13.8 Å². The Kier molecular flexibility index (Phi) is 5.90. The highest BCUT2D eigenvalue weighted by atomic mass is 35.5. The van der Waals surface area contributed by atoms with Gasteiger partial charge in [0.05, 0.1) is 10.7 Å². The van der Waals surface area contributed by atoms with Gasteiger partial charge in [-0.3, -0.25) is 4.79 Å². The van der Waals surface area contributed by atoms with Gasteiger partial charge in [-0.1, -0.05) is 60.1 Å². The van der Waals surface area contributed by atoms with E-state index in [1.165, 1.54) is 0 Å². The smallest absolute Gasteiger partial charge is 0.271 e. The predicted octanol–water partition coefficient (Wildman–Crippen LogP) is 5.58. The van der Waals surface area contributed by atoms with E-state index in [0.717, 1.165) is 33.4 Å². The summed E-state index contributed by atoms with van der Waals surface area (Å²) in [5.74, 6) is 0.185. The maximum atomic E-state index is 13.2. The van der Waals surface area contributed by atoms with Gasteiger partial charge < -0.3 is 10.3 Å². The number of pyridine rings is 1. The second kappa shape index (κ2) is 9.15. The SMILES string of the molecule is Cc1cc(C)n(-c2ccc(Cl)c(C(=O)NCC(c3ccccc3)c3c[nH]c4ccccc34)n2)n1. The van der Waals surface area contributed by atoms with E-state index in [0.29, 0.717) is 17.4 Å². The first-order valence-electron chi connectivity index (χ1n) is 11.1. The lowest BCUT2D eigenvalue weighted by atomic mass is 9.91. The first-order chi connectivity index (χ1) is 16.5. The van der Waals surface area contributed by atoms with E-state index in [4.69, 9.17) is 11.6 Å².